The van der Waals surface area contributed by atoms with E-state index in [0.717, 1.165) is 17.7 Å². The number of piperidine rings is 1. The zero-order valence-corrected chi connectivity index (χ0v) is 21.7. The van der Waals surface area contributed by atoms with Crippen LogP contribution in [0.3, 0.4) is 0 Å². The smallest absolute Gasteiger partial charge is 0.304 e. The van der Waals surface area contributed by atoms with E-state index in [4.69, 9.17) is 27.9 Å². The Morgan fingerprint density at radius 1 is 1.17 bits per heavy atom. The molecular formula is C28H33Cl2NO4. The molecule has 2 aromatic rings. The molecule has 0 aromatic heterocycles. The number of carbonyl (C=O) groups excluding carboxylic acids is 1. The van der Waals surface area contributed by atoms with Crippen molar-refractivity contribution in [2.75, 3.05) is 6.61 Å². The summed E-state index contributed by atoms with van der Waals surface area (Å²) in [7, 11) is 0. The van der Waals surface area contributed by atoms with Crippen molar-refractivity contribution in [1.82, 2.24) is 5.32 Å². The minimum absolute atomic E-state index is 0.0668. The van der Waals surface area contributed by atoms with E-state index in [0.29, 0.717) is 28.8 Å². The number of carboxylic acids is 1. The van der Waals surface area contributed by atoms with Gasteiger partial charge in [0.25, 0.3) is 0 Å². The summed E-state index contributed by atoms with van der Waals surface area (Å²) in [6, 6.07) is 15.2. The van der Waals surface area contributed by atoms with Gasteiger partial charge in [0.05, 0.1) is 24.5 Å². The van der Waals surface area contributed by atoms with E-state index in [9.17, 15) is 14.7 Å². The van der Waals surface area contributed by atoms with Crippen molar-refractivity contribution in [1.29, 1.82) is 0 Å². The fraction of sp³-hybridized carbons (Fsp3) is 0.500. The molecule has 2 aromatic carbocycles. The summed E-state index contributed by atoms with van der Waals surface area (Å²) in [5, 5.41) is 14.0. The van der Waals surface area contributed by atoms with E-state index in [2.05, 4.69) is 12.2 Å². The monoisotopic (exact) mass is 517 g/mol. The van der Waals surface area contributed by atoms with Crippen molar-refractivity contribution in [2.24, 2.45) is 17.3 Å². The van der Waals surface area contributed by atoms with E-state index in [1.54, 1.807) is 6.92 Å². The van der Waals surface area contributed by atoms with Gasteiger partial charge in [-0.05, 0) is 72.9 Å². The Morgan fingerprint density at radius 2 is 1.89 bits per heavy atom. The summed E-state index contributed by atoms with van der Waals surface area (Å²) >= 11 is 12.4. The molecule has 7 heteroatoms. The van der Waals surface area contributed by atoms with Crippen molar-refractivity contribution in [2.45, 2.75) is 64.0 Å². The van der Waals surface area contributed by atoms with Crippen LogP contribution < -0.4 is 5.32 Å². The van der Waals surface area contributed by atoms with Crippen LogP contribution in [0.1, 0.15) is 69.1 Å². The molecule has 2 fully saturated rings. The number of halogens is 2. The first-order chi connectivity index (χ1) is 16.6. The highest BCUT2D eigenvalue weighted by molar-refractivity contribution is 6.30. The van der Waals surface area contributed by atoms with Gasteiger partial charge in [-0.3, -0.25) is 9.59 Å². The lowest BCUT2D eigenvalue weighted by molar-refractivity contribution is -0.147. The fourth-order valence-corrected chi connectivity index (χ4v) is 5.54. The lowest BCUT2D eigenvalue weighted by Crippen LogP contribution is -2.56. The molecule has 2 aliphatic rings. The summed E-state index contributed by atoms with van der Waals surface area (Å²) in [5.41, 5.74) is 1.08. The summed E-state index contributed by atoms with van der Waals surface area (Å²) in [6.45, 7) is 4.60. The maximum absolute atomic E-state index is 13.2. The Morgan fingerprint density at radius 3 is 2.51 bits per heavy atom. The van der Waals surface area contributed by atoms with Crippen molar-refractivity contribution >= 4 is 35.1 Å². The highest BCUT2D eigenvalue weighted by Gasteiger charge is 2.47. The van der Waals surface area contributed by atoms with Crippen LogP contribution in [-0.4, -0.2) is 29.6 Å². The van der Waals surface area contributed by atoms with Crippen molar-refractivity contribution in [3.8, 4) is 0 Å². The standard InChI is InChI=1S/C28H33Cl2NO4/c1-17(12-24(35-16-18-6-7-18)19-8-10-21(29)11-9-19)26-23(20-4-3-5-22(30)13-20)14-28(2,15-25(32)33)27(34)31-26/h3-5,8-11,13,17-18,23-24,26H,6-7,12,14-16H2,1-2H3,(H,31,34)(H,32,33)/t17?,23-,24+,26+,28+/m1/s1. The molecule has 1 heterocycles. The minimum Gasteiger partial charge on any atom is -0.481 e. The Bertz CT molecular complexity index is 1060. The first kappa shape index (κ1) is 26.0. The molecule has 4 rings (SSSR count). The maximum atomic E-state index is 13.2. The van der Waals surface area contributed by atoms with Crippen LogP contribution in [0.25, 0.3) is 0 Å². The first-order valence-electron chi connectivity index (χ1n) is 12.3. The van der Waals surface area contributed by atoms with E-state index in [1.807, 2.05) is 48.5 Å². The Kier molecular flexibility index (Phi) is 8.09. The molecule has 35 heavy (non-hydrogen) atoms. The lowest BCUT2D eigenvalue weighted by Gasteiger charge is -2.45. The second-order valence-electron chi connectivity index (χ2n) is 10.5. The van der Waals surface area contributed by atoms with Gasteiger partial charge in [-0.2, -0.15) is 0 Å². The summed E-state index contributed by atoms with van der Waals surface area (Å²) in [4.78, 5) is 24.7. The topological polar surface area (TPSA) is 75.6 Å². The van der Waals surface area contributed by atoms with Crippen LogP contribution in [0.15, 0.2) is 48.5 Å². The fourth-order valence-electron chi connectivity index (χ4n) is 5.22. The summed E-state index contributed by atoms with van der Waals surface area (Å²) in [6.07, 6.45) is 3.24. The third-order valence-corrected chi connectivity index (χ3v) is 7.93. The Labute approximate surface area is 217 Å². The van der Waals surface area contributed by atoms with E-state index in [-0.39, 0.29) is 36.3 Å². The predicted octanol–water partition coefficient (Wildman–Crippen LogP) is 6.64. The number of amides is 1. The number of carbonyl (C=O) groups is 2. The normalized spacial score (nSPS) is 26.1. The first-order valence-corrected chi connectivity index (χ1v) is 13.1. The van der Waals surface area contributed by atoms with E-state index < -0.39 is 11.4 Å². The zero-order chi connectivity index (χ0) is 25.2. The average Bonchev–Trinajstić information content (AvgIpc) is 3.63. The number of carboxylic acid groups (broad SMARTS) is 1. The highest BCUT2D eigenvalue weighted by atomic mass is 35.5. The SMILES string of the molecule is CC(C[C@H](OCC1CC1)c1ccc(Cl)cc1)[C@@H]1NC(=O)[C@](C)(CC(=O)O)C[C@@H]1c1cccc(Cl)c1. The molecular weight excluding hydrogens is 485 g/mol. The van der Waals surface area contributed by atoms with Gasteiger partial charge in [-0.1, -0.05) is 61.3 Å². The third-order valence-electron chi connectivity index (χ3n) is 7.44. The number of ether oxygens (including phenoxy) is 1. The average molecular weight is 518 g/mol. The van der Waals surface area contributed by atoms with Gasteiger partial charge in [-0.15, -0.1) is 0 Å². The van der Waals surface area contributed by atoms with Gasteiger partial charge >= 0.3 is 5.97 Å². The summed E-state index contributed by atoms with van der Waals surface area (Å²) < 4.78 is 6.38. The molecule has 1 aliphatic carbocycles. The molecule has 1 saturated heterocycles. The molecule has 5 atom stereocenters. The number of nitrogens with one attached hydrogen (secondary N) is 1. The number of rotatable bonds is 10. The number of aliphatic carboxylic acids is 1. The predicted molar refractivity (Wildman–Crippen MR) is 138 cm³/mol. The second-order valence-corrected chi connectivity index (χ2v) is 11.4. The van der Waals surface area contributed by atoms with Crippen molar-refractivity contribution < 1.29 is 19.4 Å². The quantitative estimate of drug-likeness (QED) is 0.370. The van der Waals surface area contributed by atoms with Crippen LogP contribution in [0.5, 0.6) is 0 Å². The van der Waals surface area contributed by atoms with Gasteiger partial charge in [0.2, 0.25) is 5.91 Å². The van der Waals surface area contributed by atoms with Crippen molar-refractivity contribution in [3.63, 3.8) is 0 Å². The second kappa shape index (κ2) is 10.9. The molecule has 1 aliphatic heterocycles. The third kappa shape index (κ3) is 6.58. The summed E-state index contributed by atoms with van der Waals surface area (Å²) in [5.74, 6) is -0.560. The van der Waals surface area contributed by atoms with Crippen LogP contribution in [0.2, 0.25) is 10.0 Å². The van der Waals surface area contributed by atoms with Crippen LogP contribution in [0, 0.1) is 17.3 Å². The van der Waals surface area contributed by atoms with Gasteiger partial charge in [0, 0.05) is 22.0 Å². The van der Waals surface area contributed by atoms with Crippen LogP contribution in [0.4, 0.5) is 0 Å². The van der Waals surface area contributed by atoms with Gasteiger partial charge in [0.15, 0.2) is 0 Å². The molecule has 1 unspecified atom stereocenters. The van der Waals surface area contributed by atoms with E-state index in [1.165, 1.54) is 12.8 Å². The zero-order valence-electron chi connectivity index (χ0n) is 20.2. The molecule has 1 amide bonds. The minimum atomic E-state index is -0.993. The molecule has 0 bridgehead atoms. The van der Waals surface area contributed by atoms with E-state index >= 15 is 0 Å². The number of benzene rings is 2. The molecule has 0 spiro atoms. The van der Waals surface area contributed by atoms with Crippen LogP contribution >= 0.6 is 23.2 Å². The highest BCUT2D eigenvalue weighted by Crippen LogP contribution is 2.45. The number of hydrogen-bond acceptors (Lipinski definition) is 3. The van der Waals surface area contributed by atoms with Gasteiger partial charge in [-0.25, -0.2) is 0 Å². The van der Waals surface area contributed by atoms with Crippen LogP contribution in [-0.2, 0) is 14.3 Å². The van der Waals surface area contributed by atoms with Gasteiger partial charge < -0.3 is 15.2 Å². The maximum Gasteiger partial charge on any atom is 0.304 e. The molecule has 188 valence electrons. The van der Waals surface area contributed by atoms with Crippen molar-refractivity contribution in [3.05, 3.63) is 69.7 Å². The largest absolute Gasteiger partial charge is 0.481 e. The lowest BCUT2D eigenvalue weighted by atomic mass is 9.67. The molecule has 5 nitrogen and oxygen atoms in total. The van der Waals surface area contributed by atoms with Gasteiger partial charge in [0.1, 0.15) is 0 Å². The Balaban J connectivity index is 1.60. The molecule has 0 radical (unpaired) electrons. The molecule has 1 saturated carbocycles. The molecule has 2 N–H and O–H groups in total. The number of hydrogen-bond donors (Lipinski definition) is 2. The Hall–Kier alpha value is -2.08.